The van der Waals surface area contributed by atoms with Gasteiger partial charge in [-0.15, -0.1) is 0 Å². The lowest BCUT2D eigenvalue weighted by Gasteiger charge is -2.04. The minimum Gasteiger partial charge on any atom is -0.383 e. The number of carbonyl (C=O) groups excluding carboxylic acids is 1. The summed E-state index contributed by atoms with van der Waals surface area (Å²) < 4.78 is 2.47. The highest BCUT2D eigenvalue weighted by Gasteiger charge is 2.22. The molecule has 0 saturated heterocycles. The van der Waals surface area contributed by atoms with Crippen LogP contribution in [-0.2, 0) is 0 Å². The van der Waals surface area contributed by atoms with Gasteiger partial charge in [0.05, 0.1) is 5.69 Å². The molecule has 1 heterocycles. The number of rotatable bonds is 3. The molecule has 23 heavy (non-hydrogen) atoms. The minimum absolute atomic E-state index is 0.232. The van der Waals surface area contributed by atoms with Crippen molar-refractivity contribution >= 4 is 27.7 Å². The van der Waals surface area contributed by atoms with Crippen LogP contribution in [0.25, 0.3) is 16.9 Å². The van der Waals surface area contributed by atoms with Gasteiger partial charge in [-0.2, -0.15) is 5.10 Å². The second kappa shape index (κ2) is 5.89. The number of amides is 1. The molecule has 1 amide bonds. The zero-order chi connectivity index (χ0) is 16.6. The largest absolute Gasteiger partial charge is 0.383 e. The van der Waals surface area contributed by atoms with E-state index in [9.17, 15) is 4.79 Å². The minimum atomic E-state index is -0.596. The molecule has 3 rings (SSSR count). The number of halogens is 1. The van der Waals surface area contributed by atoms with Crippen LogP contribution in [0.5, 0.6) is 0 Å². The van der Waals surface area contributed by atoms with E-state index in [0.717, 1.165) is 21.3 Å². The average Bonchev–Trinajstić information content (AvgIpc) is 2.86. The number of nitrogens with two attached hydrogens (primary N) is 2. The van der Waals surface area contributed by atoms with Crippen LogP contribution >= 0.6 is 15.9 Å². The first-order valence-corrected chi connectivity index (χ1v) is 7.78. The van der Waals surface area contributed by atoms with E-state index in [4.69, 9.17) is 11.5 Å². The molecule has 0 saturated carbocycles. The second-order valence-electron chi connectivity index (χ2n) is 5.23. The maximum Gasteiger partial charge on any atom is 0.254 e. The van der Waals surface area contributed by atoms with Gasteiger partial charge in [0, 0.05) is 10.0 Å². The van der Waals surface area contributed by atoms with Crippen molar-refractivity contribution in [2.24, 2.45) is 5.73 Å². The van der Waals surface area contributed by atoms with E-state index in [0.29, 0.717) is 5.69 Å². The van der Waals surface area contributed by atoms with Crippen LogP contribution in [0.2, 0.25) is 0 Å². The van der Waals surface area contributed by atoms with Gasteiger partial charge < -0.3 is 11.5 Å². The van der Waals surface area contributed by atoms with E-state index < -0.39 is 5.91 Å². The van der Waals surface area contributed by atoms with E-state index in [2.05, 4.69) is 21.0 Å². The van der Waals surface area contributed by atoms with E-state index in [-0.39, 0.29) is 11.4 Å². The van der Waals surface area contributed by atoms with Crippen molar-refractivity contribution < 1.29 is 4.79 Å². The highest BCUT2D eigenvalue weighted by atomic mass is 79.9. The molecule has 116 valence electrons. The summed E-state index contributed by atoms with van der Waals surface area (Å²) in [6, 6.07) is 15.2. The first-order chi connectivity index (χ1) is 11.0. The number of aromatic nitrogens is 2. The van der Waals surface area contributed by atoms with Crippen molar-refractivity contribution in [2.45, 2.75) is 6.92 Å². The van der Waals surface area contributed by atoms with Gasteiger partial charge in [-0.3, -0.25) is 4.79 Å². The van der Waals surface area contributed by atoms with E-state index in [1.165, 1.54) is 4.68 Å². The fraction of sp³-hybridized carbons (Fsp3) is 0.0588. The van der Waals surface area contributed by atoms with Gasteiger partial charge >= 0.3 is 0 Å². The lowest BCUT2D eigenvalue weighted by Crippen LogP contribution is -2.14. The Morgan fingerprint density at radius 1 is 1.09 bits per heavy atom. The number of anilines is 1. The molecule has 0 unspecified atom stereocenters. The number of hydrogen-bond donors (Lipinski definition) is 2. The predicted octanol–water partition coefficient (Wildman–Crippen LogP) is 3.29. The topological polar surface area (TPSA) is 86.9 Å². The van der Waals surface area contributed by atoms with Crippen molar-refractivity contribution in [1.82, 2.24) is 9.78 Å². The molecule has 1 aromatic heterocycles. The third-order valence-electron chi connectivity index (χ3n) is 3.56. The first-order valence-electron chi connectivity index (χ1n) is 6.98. The fourth-order valence-corrected chi connectivity index (χ4v) is 2.63. The third-order valence-corrected chi connectivity index (χ3v) is 4.09. The summed E-state index contributed by atoms with van der Waals surface area (Å²) in [5.74, 6) is -0.364. The van der Waals surface area contributed by atoms with Crippen LogP contribution in [0, 0.1) is 6.92 Å². The Bertz CT molecular complexity index is 867. The number of hydrogen-bond acceptors (Lipinski definition) is 3. The number of benzene rings is 2. The zero-order valence-corrected chi connectivity index (χ0v) is 14.0. The van der Waals surface area contributed by atoms with E-state index in [1.54, 1.807) is 0 Å². The maximum absolute atomic E-state index is 11.9. The Morgan fingerprint density at radius 2 is 1.70 bits per heavy atom. The lowest BCUT2D eigenvalue weighted by atomic mass is 10.1. The van der Waals surface area contributed by atoms with E-state index in [1.807, 2.05) is 55.5 Å². The summed E-state index contributed by atoms with van der Waals surface area (Å²) in [5, 5.41) is 4.51. The van der Waals surface area contributed by atoms with Gasteiger partial charge in [-0.25, -0.2) is 4.68 Å². The molecule has 2 aromatic carbocycles. The van der Waals surface area contributed by atoms with Crippen LogP contribution in [-0.4, -0.2) is 15.7 Å². The Kier molecular flexibility index (Phi) is 3.92. The van der Waals surface area contributed by atoms with Crippen LogP contribution < -0.4 is 11.5 Å². The monoisotopic (exact) mass is 370 g/mol. The van der Waals surface area contributed by atoms with Crippen molar-refractivity contribution in [3.8, 4) is 16.9 Å². The Balaban J connectivity index is 2.20. The molecule has 0 radical (unpaired) electrons. The second-order valence-corrected chi connectivity index (χ2v) is 6.14. The molecule has 0 aliphatic heterocycles. The maximum atomic E-state index is 11.9. The zero-order valence-electron chi connectivity index (χ0n) is 12.5. The van der Waals surface area contributed by atoms with E-state index >= 15 is 0 Å². The lowest BCUT2D eigenvalue weighted by molar-refractivity contribution is 0.100. The predicted molar refractivity (Wildman–Crippen MR) is 94.4 cm³/mol. The van der Waals surface area contributed by atoms with Gasteiger partial charge in [0.2, 0.25) is 0 Å². The molecule has 0 atom stereocenters. The number of nitrogen functional groups attached to an aromatic ring is 1. The van der Waals surface area contributed by atoms with Gasteiger partial charge in [0.15, 0.2) is 0 Å². The molecule has 0 fully saturated rings. The molecule has 0 spiro atoms. The highest BCUT2D eigenvalue weighted by molar-refractivity contribution is 9.10. The van der Waals surface area contributed by atoms with Gasteiger partial charge in [-0.05, 0) is 31.2 Å². The number of primary amides is 1. The van der Waals surface area contributed by atoms with Crippen molar-refractivity contribution in [3.63, 3.8) is 0 Å². The van der Waals surface area contributed by atoms with Crippen molar-refractivity contribution in [3.05, 3.63) is 64.1 Å². The molecule has 0 aliphatic rings. The summed E-state index contributed by atoms with van der Waals surface area (Å²) in [4.78, 5) is 11.9. The molecule has 6 heteroatoms. The normalized spacial score (nSPS) is 10.7. The molecular formula is C17H15BrN4O. The molecule has 0 bridgehead atoms. The van der Waals surface area contributed by atoms with Gasteiger partial charge in [-0.1, -0.05) is 45.8 Å². The van der Waals surface area contributed by atoms with Crippen molar-refractivity contribution in [2.75, 3.05) is 5.73 Å². The number of carbonyl (C=O) groups is 1. The quantitative estimate of drug-likeness (QED) is 0.741. The fourth-order valence-electron chi connectivity index (χ4n) is 2.37. The number of aryl methyl sites for hydroxylation is 1. The van der Waals surface area contributed by atoms with Crippen LogP contribution in [0.1, 0.15) is 15.9 Å². The molecule has 4 N–H and O–H groups in total. The van der Waals surface area contributed by atoms with Crippen molar-refractivity contribution in [1.29, 1.82) is 0 Å². The summed E-state index contributed by atoms with van der Waals surface area (Å²) >= 11 is 3.39. The summed E-state index contributed by atoms with van der Waals surface area (Å²) in [7, 11) is 0. The SMILES string of the molecule is Cc1ccc(-c2nn(-c3ccc(Br)cc3)c(N)c2C(N)=O)cc1. The Hall–Kier alpha value is -2.60. The van der Waals surface area contributed by atoms with Crippen LogP contribution in [0.3, 0.4) is 0 Å². The van der Waals surface area contributed by atoms with Crippen LogP contribution in [0.15, 0.2) is 53.0 Å². The molecule has 5 nitrogen and oxygen atoms in total. The van der Waals surface area contributed by atoms with Gasteiger partial charge in [0.25, 0.3) is 5.91 Å². The average molecular weight is 371 g/mol. The third kappa shape index (κ3) is 2.85. The Morgan fingerprint density at radius 3 is 2.26 bits per heavy atom. The highest BCUT2D eigenvalue weighted by Crippen LogP contribution is 2.29. The molecular weight excluding hydrogens is 356 g/mol. The Labute approximate surface area is 142 Å². The summed E-state index contributed by atoms with van der Waals surface area (Å²) in [5.41, 5.74) is 15.0. The summed E-state index contributed by atoms with van der Waals surface area (Å²) in [6.07, 6.45) is 0. The smallest absolute Gasteiger partial charge is 0.254 e. The van der Waals surface area contributed by atoms with Gasteiger partial charge in [0.1, 0.15) is 17.1 Å². The summed E-state index contributed by atoms with van der Waals surface area (Å²) in [6.45, 7) is 1.99. The standard InChI is InChI=1S/C17H15BrN4O/c1-10-2-4-11(5-3-10)15-14(17(20)23)16(19)22(21-15)13-8-6-12(18)7-9-13/h2-9H,19H2,1H3,(H2,20,23). The van der Waals surface area contributed by atoms with Crippen LogP contribution in [0.4, 0.5) is 5.82 Å². The first kappa shape index (κ1) is 15.3. The molecule has 0 aliphatic carbocycles. The number of nitrogens with zero attached hydrogens (tertiary/aromatic N) is 2. The molecule has 3 aromatic rings.